The van der Waals surface area contributed by atoms with Crippen molar-refractivity contribution in [1.82, 2.24) is 20.6 Å². The first kappa shape index (κ1) is 23.5. The van der Waals surface area contributed by atoms with Gasteiger partial charge in [0.15, 0.2) is 5.70 Å². The van der Waals surface area contributed by atoms with Gasteiger partial charge in [0.2, 0.25) is 0 Å². The number of anilines is 1. The number of hydrogen-bond acceptors (Lipinski definition) is 8. The maximum absolute atomic E-state index is 12.5. The number of hydrogen-bond donors (Lipinski definition) is 4. The maximum atomic E-state index is 12.5. The van der Waals surface area contributed by atoms with Crippen LogP contribution in [0.5, 0.6) is 5.75 Å². The van der Waals surface area contributed by atoms with Crippen LogP contribution >= 0.6 is 0 Å². The van der Waals surface area contributed by atoms with E-state index < -0.39 is 11.9 Å². The number of rotatable bonds is 11. The number of fused-ring (bicyclic) bond motifs is 1. The molecule has 0 radical (unpaired) electrons. The standard InChI is InChI=1S/C23H27N7O3/c1-15-26-18-9-21(30(2)3)22(10-19(18)27-15)33-14-17(13-31)28-23(32)20(29-24)12-25-11-16-7-5-4-6-8-16/h4-10,12-13,17,24-25H,11,14H2,1-3H3,(H,26,27)(H,28,32)/b20-12-,29-24?/t17-/m1/s1. The average Bonchev–Trinajstić information content (AvgIpc) is 3.18. The number of imidazole rings is 1. The lowest BCUT2D eigenvalue weighted by Gasteiger charge is -2.20. The van der Waals surface area contributed by atoms with Crippen LogP contribution in [0.1, 0.15) is 11.4 Å². The first-order chi connectivity index (χ1) is 15.9. The Morgan fingerprint density at radius 3 is 2.73 bits per heavy atom. The quantitative estimate of drug-likeness (QED) is 0.202. The van der Waals surface area contributed by atoms with Crippen molar-refractivity contribution in [2.75, 3.05) is 25.6 Å². The predicted molar refractivity (Wildman–Crippen MR) is 125 cm³/mol. The number of aromatic nitrogens is 2. The first-order valence-electron chi connectivity index (χ1n) is 10.3. The molecule has 0 bridgehead atoms. The van der Waals surface area contributed by atoms with Crippen LogP contribution in [0.4, 0.5) is 5.69 Å². The Bertz CT molecular complexity index is 1160. The smallest absolute Gasteiger partial charge is 0.273 e. The predicted octanol–water partition coefficient (Wildman–Crippen LogP) is 2.66. The first-order valence-corrected chi connectivity index (χ1v) is 10.3. The molecule has 1 amide bonds. The number of benzene rings is 2. The molecule has 0 saturated heterocycles. The van der Waals surface area contributed by atoms with Gasteiger partial charge in [-0.15, -0.1) is 0 Å². The molecule has 1 atom stereocenters. The Hall–Kier alpha value is -4.21. The number of carbonyl (C=O) groups excluding carboxylic acids is 2. The summed E-state index contributed by atoms with van der Waals surface area (Å²) in [6.45, 7) is 2.25. The van der Waals surface area contributed by atoms with Crippen molar-refractivity contribution >= 4 is 28.9 Å². The second-order valence-corrected chi connectivity index (χ2v) is 7.59. The largest absolute Gasteiger partial charge is 0.489 e. The van der Waals surface area contributed by atoms with E-state index in [0.29, 0.717) is 18.6 Å². The zero-order chi connectivity index (χ0) is 23.8. The number of H-pyrrole nitrogens is 1. The molecule has 10 heteroatoms. The van der Waals surface area contributed by atoms with Crippen LogP contribution in [-0.2, 0) is 16.1 Å². The average molecular weight is 450 g/mol. The summed E-state index contributed by atoms with van der Waals surface area (Å²) in [6.07, 6.45) is 1.93. The summed E-state index contributed by atoms with van der Waals surface area (Å²) in [5.41, 5.74) is 10.5. The normalized spacial score (nSPS) is 12.2. The lowest BCUT2D eigenvalue weighted by atomic mass is 10.2. The van der Waals surface area contributed by atoms with E-state index in [0.717, 1.165) is 28.1 Å². The van der Waals surface area contributed by atoms with Gasteiger partial charge in [0.05, 0.1) is 16.7 Å². The molecule has 1 heterocycles. The molecule has 0 saturated carbocycles. The minimum atomic E-state index is -0.925. The highest BCUT2D eigenvalue weighted by molar-refractivity contribution is 5.94. The van der Waals surface area contributed by atoms with Crippen LogP contribution in [0, 0.1) is 12.5 Å². The maximum Gasteiger partial charge on any atom is 0.273 e. The van der Waals surface area contributed by atoms with Gasteiger partial charge in [-0.25, -0.2) is 10.5 Å². The Morgan fingerprint density at radius 2 is 2.06 bits per heavy atom. The molecule has 1 aromatic heterocycles. The molecule has 0 unspecified atom stereocenters. The number of nitrogens with zero attached hydrogens (tertiary/aromatic N) is 3. The van der Waals surface area contributed by atoms with Gasteiger partial charge in [0.25, 0.3) is 5.91 Å². The van der Waals surface area contributed by atoms with Gasteiger partial charge in [0.1, 0.15) is 30.5 Å². The third kappa shape index (κ3) is 6.16. The third-order valence-electron chi connectivity index (χ3n) is 4.80. The number of carbonyl (C=O) groups is 2. The SMILES string of the molecule is Cc1nc2cc(N(C)C)c(OC[C@@H](C=O)NC(=O)/C(=C/NCc3ccccc3)N=N)cc2[nH]1. The molecular weight excluding hydrogens is 422 g/mol. The minimum absolute atomic E-state index is 0.0859. The van der Waals surface area contributed by atoms with Crippen molar-refractivity contribution in [2.24, 2.45) is 5.11 Å². The van der Waals surface area contributed by atoms with Gasteiger partial charge in [-0.3, -0.25) is 4.79 Å². The fraction of sp³-hybridized carbons (Fsp3) is 0.261. The molecule has 0 spiro atoms. The molecule has 3 rings (SSSR count). The fourth-order valence-corrected chi connectivity index (χ4v) is 3.17. The summed E-state index contributed by atoms with van der Waals surface area (Å²) in [5.74, 6) is 0.672. The highest BCUT2D eigenvalue weighted by atomic mass is 16.5. The van der Waals surface area contributed by atoms with Crippen LogP contribution in [0.25, 0.3) is 11.0 Å². The van der Waals surface area contributed by atoms with E-state index in [1.807, 2.05) is 68.4 Å². The highest BCUT2D eigenvalue weighted by Crippen LogP contribution is 2.31. The van der Waals surface area contributed by atoms with E-state index in [9.17, 15) is 9.59 Å². The zero-order valence-electron chi connectivity index (χ0n) is 18.8. The van der Waals surface area contributed by atoms with Crippen LogP contribution in [0.3, 0.4) is 0 Å². The van der Waals surface area contributed by atoms with E-state index in [-0.39, 0.29) is 12.3 Å². The summed E-state index contributed by atoms with van der Waals surface area (Å²) >= 11 is 0. The third-order valence-corrected chi connectivity index (χ3v) is 4.80. The van der Waals surface area contributed by atoms with Crippen LogP contribution < -0.4 is 20.3 Å². The number of aldehydes is 1. The van der Waals surface area contributed by atoms with Crippen molar-refractivity contribution in [3.8, 4) is 5.75 Å². The Labute approximate surface area is 191 Å². The Morgan fingerprint density at radius 1 is 1.30 bits per heavy atom. The summed E-state index contributed by atoms with van der Waals surface area (Å²) in [5, 5.41) is 8.75. The molecule has 4 N–H and O–H groups in total. The molecule has 33 heavy (non-hydrogen) atoms. The van der Waals surface area contributed by atoms with Crippen molar-refractivity contribution in [2.45, 2.75) is 19.5 Å². The topological polar surface area (TPSA) is 136 Å². The monoisotopic (exact) mass is 449 g/mol. The Balaban J connectivity index is 1.64. The van der Waals surface area contributed by atoms with Gasteiger partial charge >= 0.3 is 0 Å². The van der Waals surface area contributed by atoms with E-state index in [1.54, 1.807) is 0 Å². The van der Waals surface area contributed by atoms with E-state index in [1.165, 1.54) is 6.20 Å². The lowest BCUT2D eigenvalue weighted by molar-refractivity contribution is -0.121. The molecular formula is C23H27N7O3. The van der Waals surface area contributed by atoms with E-state index >= 15 is 0 Å². The Kier molecular flexibility index (Phi) is 7.74. The molecule has 0 aliphatic rings. The number of aryl methyl sites for hydroxylation is 1. The lowest BCUT2D eigenvalue weighted by Crippen LogP contribution is -2.41. The van der Waals surface area contributed by atoms with Gasteiger partial charge in [-0.05, 0) is 18.6 Å². The molecule has 172 valence electrons. The van der Waals surface area contributed by atoms with Crippen LogP contribution in [0.15, 0.2) is 59.5 Å². The van der Waals surface area contributed by atoms with Crippen LogP contribution in [0.2, 0.25) is 0 Å². The number of aromatic amines is 1. The van der Waals surface area contributed by atoms with Crippen molar-refractivity contribution in [3.05, 3.63) is 65.7 Å². The molecule has 0 fully saturated rings. The minimum Gasteiger partial charge on any atom is -0.489 e. The second-order valence-electron chi connectivity index (χ2n) is 7.59. The van der Waals surface area contributed by atoms with E-state index in [4.69, 9.17) is 10.3 Å². The van der Waals surface area contributed by atoms with Crippen molar-refractivity contribution in [1.29, 1.82) is 5.53 Å². The van der Waals surface area contributed by atoms with Gasteiger partial charge in [-0.1, -0.05) is 30.3 Å². The molecule has 0 aliphatic heterocycles. The summed E-state index contributed by atoms with van der Waals surface area (Å²) in [6, 6.07) is 12.4. The van der Waals surface area contributed by atoms with Crippen LogP contribution in [-0.4, -0.2) is 48.9 Å². The molecule has 0 aliphatic carbocycles. The zero-order valence-corrected chi connectivity index (χ0v) is 18.8. The number of nitrogens with one attached hydrogen (secondary N) is 4. The summed E-state index contributed by atoms with van der Waals surface area (Å²) in [7, 11) is 3.75. The van der Waals surface area contributed by atoms with Gasteiger partial charge in [-0.2, -0.15) is 5.11 Å². The molecule has 3 aromatic rings. The van der Waals surface area contributed by atoms with Gasteiger partial charge in [0, 0.05) is 32.9 Å². The summed E-state index contributed by atoms with van der Waals surface area (Å²) < 4.78 is 5.87. The van der Waals surface area contributed by atoms with E-state index in [2.05, 4.69) is 25.7 Å². The summed E-state index contributed by atoms with van der Waals surface area (Å²) in [4.78, 5) is 33.5. The van der Waals surface area contributed by atoms with Crippen molar-refractivity contribution < 1.29 is 14.3 Å². The fourth-order valence-electron chi connectivity index (χ4n) is 3.17. The van der Waals surface area contributed by atoms with Crippen molar-refractivity contribution in [3.63, 3.8) is 0 Å². The van der Waals surface area contributed by atoms with Gasteiger partial charge < -0.3 is 30.0 Å². The number of amides is 1. The molecule has 2 aromatic carbocycles. The highest BCUT2D eigenvalue weighted by Gasteiger charge is 2.18. The second kappa shape index (κ2) is 10.9. The number of ether oxygens (including phenoxy) is 1. The molecule has 10 nitrogen and oxygen atoms in total.